The summed E-state index contributed by atoms with van der Waals surface area (Å²) >= 11 is 0. The average molecular weight is 413 g/mol. The summed E-state index contributed by atoms with van der Waals surface area (Å²) < 4.78 is 21.2. The van der Waals surface area contributed by atoms with Crippen LogP contribution < -0.4 is 9.47 Å². The van der Waals surface area contributed by atoms with Gasteiger partial charge in [0, 0.05) is 18.7 Å². The summed E-state index contributed by atoms with van der Waals surface area (Å²) in [6.07, 6.45) is 0. The van der Waals surface area contributed by atoms with Gasteiger partial charge in [-0.2, -0.15) is 0 Å². The van der Waals surface area contributed by atoms with E-state index in [0.717, 1.165) is 0 Å². The number of amides is 1. The van der Waals surface area contributed by atoms with Gasteiger partial charge in [0.15, 0.2) is 30.5 Å². The number of hydrogen-bond donors (Lipinski definition) is 0. The van der Waals surface area contributed by atoms with Crippen molar-refractivity contribution in [2.45, 2.75) is 0 Å². The monoisotopic (exact) mass is 413 g/mol. The van der Waals surface area contributed by atoms with Gasteiger partial charge in [-0.15, -0.1) is 0 Å². The van der Waals surface area contributed by atoms with Crippen LogP contribution in [0.15, 0.2) is 48.5 Å². The van der Waals surface area contributed by atoms with E-state index in [4.69, 9.17) is 18.9 Å². The number of nitrogens with zero attached hydrogens (tertiary/aromatic N) is 1. The Hall–Kier alpha value is -3.39. The van der Waals surface area contributed by atoms with Gasteiger partial charge in [0.25, 0.3) is 5.91 Å². The number of hydrogen-bond acceptors (Lipinski definition) is 7. The quantitative estimate of drug-likeness (QED) is 0.483. The summed E-state index contributed by atoms with van der Waals surface area (Å²) in [7, 11) is 1.43. The standard InChI is InChI=1S/C22H23NO7/c1-27-20-13-17(22(26)30-14-18(24)16-5-3-2-4-6-16)7-8-19(20)29-15-21(25)23-9-11-28-12-10-23/h2-8,13H,9-12,14-15H2,1H3. The lowest BCUT2D eigenvalue weighted by atomic mass is 10.1. The van der Waals surface area contributed by atoms with Gasteiger partial charge in [-0.25, -0.2) is 4.79 Å². The van der Waals surface area contributed by atoms with Crippen LogP contribution in [0.2, 0.25) is 0 Å². The second-order valence-corrected chi connectivity index (χ2v) is 6.51. The number of esters is 1. The van der Waals surface area contributed by atoms with Crippen LogP contribution >= 0.6 is 0 Å². The molecule has 1 saturated heterocycles. The third kappa shape index (κ3) is 5.57. The number of benzene rings is 2. The van der Waals surface area contributed by atoms with Gasteiger partial charge in [0.05, 0.1) is 25.9 Å². The molecule has 0 unspecified atom stereocenters. The summed E-state index contributed by atoms with van der Waals surface area (Å²) in [5.41, 5.74) is 0.677. The lowest BCUT2D eigenvalue weighted by Crippen LogP contribution is -2.43. The zero-order valence-corrected chi connectivity index (χ0v) is 16.7. The molecule has 8 nitrogen and oxygen atoms in total. The van der Waals surface area contributed by atoms with Crippen molar-refractivity contribution in [2.75, 3.05) is 46.6 Å². The number of Topliss-reactive ketones (excluding diaryl/α,β-unsaturated/α-hetero) is 1. The Morgan fingerprint density at radius 1 is 0.933 bits per heavy atom. The minimum atomic E-state index is -0.659. The van der Waals surface area contributed by atoms with Crippen molar-refractivity contribution < 1.29 is 33.3 Å². The maximum atomic E-state index is 12.3. The molecule has 0 atom stereocenters. The fourth-order valence-corrected chi connectivity index (χ4v) is 2.88. The minimum Gasteiger partial charge on any atom is -0.493 e. The number of carbonyl (C=O) groups is 3. The van der Waals surface area contributed by atoms with Crippen molar-refractivity contribution in [3.8, 4) is 11.5 Å². The van der Waals surface area contributed by atoms with Crippen molar-refractivity contribution in [3.05, 3.63) is 59.7 Å². The summed E-state index contributed by atoms with van der Waals surface area (Å²) in [5.74, 6) is -0.487. The van der Waals surface area contributed by atoms with E-state index in [0.29, 0.717) is 37.6 Å². The van der Waals surface area contributed by atoms with Gasteiger partial charge in [0.2, 0.25) is 0 Å². The zero-order chi connectivity index (χ0) is 21.3. The topological polar surface area (TPSA) is 91.4 Å². The molecule has 0 radical (unpaired) electrons. The van der Waals surface area contributed by atoms with E-state index >= 15 is 0 Å². The van der Waals surface area contributed by atoms with Gasteiger partial charge in [-0.05, 0) is 18.2 Å². The van der Waals surface area contributed by atoms with Gasteiger partial charge in [-0.1, -0.05) is 30.3 Å². The van der Waals surface area contributed by atoms with E-state index in [1.54, 1.807) is 35.2 Å². The summed E-state index contributed by atoms with van der Waals surface area (Å²) in [6, 6.07) is 13.1. The van der Waals surface area contributed by atoms with Crippen LogP contribution in [0.25, 0.3) is 0 Å². The van der Waals surface area contributed by atoms with Crippen LogP contribution in [0.3, 0.4) is 0 Å². The van der Waals surface area contributed by atoms with Gasteiger partial charge < -0.3 is 23.8 Å². The summed E-state index contributed by atoms with van der Waals surface area (Å²) in [6.45, 7) is 1.58. The van der Waals surface area contributed by atoms with Gasteiger partial charge >= 0.3 is 5.97 Å². The molecular weight excluding hydrogens is 390 g/mol. The van der Waals surface area contributed by atoms with Crippen LogP contribution in [0.5, 0.6) is 11.5 Å². The van der Waals surface area contributed by atoms with Crippen LogP contribution in [-0.4, -0.2) is 69.2 Å². The van der Waals surface area contributed by atoms with E-state index in [-0.39, 0.29) is 36.2 Å². The van der Waals surface area contributed by atoms with Crippen molar-refractivity contribution in [3.63, 3.8) is 0 Å². The van der Waals surface area contributed by atoms with E-state index in [1.807, 2.05) is 0 Å². The van der Waals surface area contributed by atoms with E-state index in [1.165, 1.54) is 25.3 Å². The number of carbonyl (C=O) groups excluding carboxylic acids is 3. The van der Waals surface area contributed by atoms with Crippen LogP contribution in [0, 0.1) is 0 Å². The third-order valence-corrected chi connectivity index (χ3v) is 4.54. The molecule has 158 valence electrons. The molecule has 1 aliphatic heterocycles. The lowest BCUT2D eigenvalue weighted by molar-refractivity contribution is -0.137. The number of ketones is 1. The first-order valence-electron chi connectivity index (χ1n) is 9.50. The first-order chi connectivity index (χ1) is 14.6. The first kappa shape index (κ1) is 21.3. The fraction of sp³-hybridized carbons (Fsp3) is 0.318. The molecule has 2 aromatic carbocycles. The molecule has 0 saturated carbocycles. The number of morpholine rings is 1. The lowest BCUT2D eigenvalue weighted by Gasteiger charge is -2.26. The largest absolute Gasteiger partial charge is 0.493 e. The summed E-state index contributed by atoms with van der Waals surface area (Å²) in [5, 5.41) is 0. The van der Waals surface area contributed by atoms with Crippen molar-refractivity contribution in [2.24, 2.45) is 0 Å². The van der Waals surface area contributed by atoms with Crippen molar-refractivity contribution in [1.29, 1.82) is 0 Å². The highest BCUT2D eigenvalue weighted by molar-refractivity contribution is 5.99. The van der Waals surface area contributed by atoms with Crippen molar-refractivity contribution in [1.82, 2.24) is 4.90 Å². The maximum Gasteiger partial charge on any atom is 0.338 e. The molecular formula is C22H23NO7. The Balaban J connectivity index is 1.56. The SMILES string of the molecule is COc1cc(C(=O)OCC(=O)c2ccccc2)ccc1OCC(=O)N1CCOCC1. The molecule has 0 aliphatic carbocycles. The Bertz CT molecular complexity index is 892. The summed E-state index contributed by atoms with van der Waals surface area (Å²) in [4.78, 5) is 38.2. The molecule has 0 spiro atoms. The second kappa shape index (κ2) is 10.4. The Morgan fingerprint density at radius 3 is 2.37 bits per heavy atom. The van der Waals surface area contributed by atoms with Crippen LogP contribution in [-0.2, 0) is 14.3 Å². The van der Waals surface area contributed by atoms with Gasteiger partial charge in [0.1, 0.15) is 0 Å². The normalized spacial score (nSPS) is 13.4. The Morgan fingerprint density at radius 2 is 1.67 bits per heavy atom. The number of rotatable bonds is 8. The van der Waals surface area contributed by atoms with Crippen molar-refractivity contribution >= 4 is 17.7 Å². The molecule has 1 amide bonds. The highest BCUT2D eigenvalue weighted by Crippen LogP contribution is 2.28. The second-order valence-electron chi connectivity index (χ2n) is 6.51. The smallest absolute Gasteiger partial charge is 0.338 e. The molecule has 2 aromatic rings. The van der Waals surface area contributed by atoms with Crippen LogP contribution in [0.4, 0.5) is 0 Å². The molecule has 3 rings (SSSR count). The van der Waals surface area contributed by atoms with E-state index < -0.39 is 5.97 Å². The molecule has 1 heterocycles. The molecule has 8 heteroatoms. The molecule has 0 bridgehead atoms. The van der Waals surface area contributed by atoms with Gasteiger partial charge in [-0.3, -0.25) is 9.59 Å². The molecule has 0 N–H and O–H groups in total. The predicted octanol–water partition coefficient (Wildman–Crippen LogP) is 1.97. The highest BCUT2D eigenvalue weighted by atomic mass is 16.5. The Labute approximate surface area is 174 Å². The molecule has 1 fully saturated rings. The third-order valence-electron chi connectivity index (χ3n) is 4.54. The maximum absolute atomic E-state index is 12.3. The number of ether oxygens (including phenoxy) is 4. The first-order valence-corrected chi connectivity index (χ1v) is 9.50. The predicted molar refractivity (Wildman–Crippen MR) is 107 cm³/mol. The van der Waals surface area contributed by atoms with E-state index in [2.05, 4.69) is 0 Å². The van der Waals surface area contributed by atoms with Crippen LogP contribution in [0.1, 0.15) is 20.7 Å². The fourth-order valence-electron chi connectivity index (χ4n) is 2.88. The minimum absolute atomic E-state index is 0.147. The molecule has 0 aromatic heterocycles. The molecule has 1 aliphatic rings. The van der Waals surface area contributed by atoms with E-state index in [9.17, 15) is 14.4 Å². The highest BCUT2D eigenvalue weighted by Gasteiger charge is 2.19. The molecule has 30 heavy (non-hydrogen) atoms. The number of methoxy groups -OCH3 is 1. The zero-order valence-electron chi connectivity index (χ0n) is 16.7. The Kier molecular flexibility index (Phi) is 7.40. The average Bonchev–Trinajstić information content (AvgIpc) is 2.81.